The van der Waals surface area contributed by atoms with Crippen LogP contribution in [0.2, 0.25) is 0 Å². The molecule has 2 aliphatic rings. The number of aliphatic hydroxyl groups excluding tert-OH is 1. The minimum absolute atomic E-state index is 0.0176. The topological polar surface area (TPSA) is 80.8 Å². The number of aromatic amines is 1. The van der Waals surface area contributed by atoms with Crippen molar-refractivity contribution in [2.75, 3.05) is 33.4 Å². The van der Waals surface area contributed by atoms with Crippen molar-refractivity contribution in [1.29, 1.82) is 0 Å². The third-order valence-corrected chi connectivity index (χ3v) is 7.74. The van der Waals surface area contributed by atoms with E-state index < -0.39 is 0 Å². The van der Waals surface area contributed by atoms with Crippen LogP contribution in [0.3, 0.4) is 0 Å². The number of nitrogens with one attached hydrogen (secondary N) is 2. The van der Waals surface area contributed by atoms with E-state index in [4.69, 9.17) is 4.74 Å². The molecule has 2 amide bonds. The molecular formula is C28H35FN4O3. The molecule has 1 saturated heterocycles. The van der Waals surface area contributed by atoms with Crippen LogP contribution in [0, 0.1) is 5.82 Å². The number of piperidine rings is 1. The summed E-state index contributed by atoms with van der Waals surface area (Å²) in [5.41, 5.74) is 4.08. The van der Waals surface area contributed by atoms with Gasteiger partial charge < -0.3 is 25.0 Å². The van der Waals surface area contributed by atoms with Crippen LogP contribution >= 0.6 is 0 Å². The van der Waals surface area contributed by atoms with Gasteiger partial charge in [0.2, 0.25) is 0 Å². The van der Waals surface area contributed by atoms with Crippen LogP contribution in [0.15, 0.2) is 42.5 Å². The first-order valence-electron chi connectivity index (χ1n) is 12.7. The first-order valence-corrected chi connectivity index (χ1v) is 12.7. The number of hydrogen-bond donors (Lipinski definition) is 3. The van der Waals surface area contributed by atoms with Gasteiger partial charge in [0.25, 0.3) is 0 Å². The van der Waals surface area contributed by atoms with E-state index in [0.29, 0.717) is 19.6 Å². The zero-order valence-corrected chi connectivity index (χ0v) is 21.2. The number of likely N-dealkylation sites (tertiary alicyclic amines) is 1. The average molecular weight is 495 g/mol. The Morgan fingerprint density at radius 2 is 1.94 bits per heavy atom. The van der Waals surface area contributed by atoms with Gasteiger partial charge in [0, 0.05) is 60.3 Å². The zero-order valence-electron chi connectivity index (χ0n) is 21.2. The highest BCUT2D eigenvalue weighted by molar-refractivity contribution is 5.88. The van der Waals surface area contributed by atoms with Crippen LogP contribution in [0.1, 0.15) is 49.6 Å². The number of carbonyl (C=O) groups is 1. The van der Waals surface area contributed by atoms with E-state index in [0.717, 1.165) is 47.3 Å². The first-order chi connectivity index (χ1) is 17.3. The van der Waals surface area contributed by atoms with E-state index in [1.807, 2.05) is 30.9 Å². The maximum absolute atomic E-state index is 13.5. The van der Waals surface area contributed by atoms with Gasteiger partial charge in [-0.3, -0.25) is 4.90 Å². The van der Waals surface area contributed by atoms with Crippen molar-refractivity contribution in [2.45, 2.75) is 50.7 Å². The molecule has 5 rings (SSSR count). The summed E-state index contributed by atoms with van der Waals surface area (Å²) < 4.78 is 19.0. The number of carbonyl (C=O) groups excluding carboxylic acids is 1. The minimum Gasteiger partial charge on any atom is -0.497 e. The molecule has 1 aromatic heterocycles. The number of ether oxygens (including phenoxy) is 1. The smallest absolute Gasteiger partial charge is 0.317 e. The third kappa shape index (κ3) is 4.44. The molecule has 3 heterocycles. The maximum atomic E-state index is 13.5. The number of urea groups is 1. The van der Waals surface area contributed by atoms with Gasteiger partial charge in [0.1, 0.15) is 11.6 Å². The molecule has 0 unspecified atom stereocenters. The van der Waals surface area contributed by atoms with Crippen LogP contribution in [-0.4, -0.2) is 65.3 Å². The molecule has 192 valence electrons. The molecule has 36 heavy (non-hydrogen) atoms. The quantitative estimate of drug-likeness (QED) is 0.494. The standard InChI is InChI=1S/C28H35FN4O3/c1-18(2)30-27(35)32-12-10-28(11-13-32)17-33(15-19-4-6-20(29)7-5-19)24(16-34)26-25(28)22-9-8-21(36-3)14-23(22)31-26/h4-9,14,18,24,31,34H,10-13,15-17H2,1-3H3,(H,30,35)/t24-/m1/s1. The van der Waals surface area contributed by atoms with Gasteiger partial charge in [-0.25, -0.2) is 9.18 Å². The molecule has 0 saturated carbocycles. The highest BCUT2D eigenvalue weighted by atomic mass is 19.1. The molecule has 1 spiro atoms. The monoisotopic (exact) mass is 494 g/mol. The number of fused-ring (bicyclic) bond motifs is 4. The van der Waals surface area contributed by atoms with Gasteiger partial charge in [-0.05, 0) is 62.1 Å². The number of halogens is 1. The highest BCUT2D eigenvalue weighted by Crippen LogP contribution is 2.49. The van der Waals surface area contributed by atoms with E-state index >= 15 is 0 Å². The number of hydrogen-bond acceptors (Lipinski definition) is 4. The van der Waals surface area contributed by atoms with Gasteiger partial charge in [-0.1, -0.05) is 12.1 Å². The number of rotatable bonds is 5. The Bertz CT molecular complexity index is 1230. The number of aromatic nitrogens is 1. The first kappa shape index (κ1) is 24.6. The molecule has 3 aromatic rings. The summed E-state index contributed by atoms with van der Waals surface area (Å²) in [6, 6.07) is 12.5. The fourth-order valence-electron chi connectivity index (χ4n) is 5.99. The molecule has 1 atom stereocenters. The summed E-state index contributed by atoms with van der Waals surface area (Å²) in [7, 11) is 1.66. The van der Waals surface area contributed by atoms with Crippen molar-refractivity contribution < 1.29 is 19.0 Å². The number of amides is 2. The minimum atomic E-state index is -0.258. The van der Waals surface area contributed by atoms with E-state index in [-0.39, 0.29) is 36.0 Å². The lowest BCUT2D eigenvalue weighted by Crippen LogP contribution is -2.55. The second-order valence-electron chi connectivity index (χ2n) is 10.4. The number of methoxy groups -OCH3 is 1. The Balaban J connectivity index is 1.54. The fourth-order valence-corrected chi connectivity index (χ4v) is 5.99. The van der Waals surface area contributed by atoms with E-state index in [2.05, 4.69) is 21.3 Å². The number of aliphatic hydroxyl groups is 1. The van der Waals surface area contributed by atoms with Crippen LogP contribution in [-0.2, 0) is 12.0 Å². The molecule has 0 bridgehead atoms. The lowest BCUT2D eigenvalue weighted by Gasteiger charge is -2.50. The predicted molar refractivity (Wildman–Crippen MR) is 138 cm³/mol. The van der Waals surface area contributed by atoms with Crippen LogP contribution in [0.25, 0.3) is 10.9 Å². The zero-order chi connectivity index (χ0) is 25.4. The van der Waals surface area contributed by atoms with Crippen molar-refractivity contribution >= 4 is 16.9 Å². The molecule has 2 aliphatic heterocycles. The second kappa shape index (κ2) is 9.75. The summed E-state index contributed by atoms with van der Waals surface area (Å²) >= 11 is 0. The Morgan fingerprint density at radius 3 is 2.58 bits per heavy atom. The van der Waals surface area contributed by atoms with Gasteiger partial charge in [-0.15, -0.1) is 0 Å². The molecule has 0 aliphatic carbocycles. The molecule has 8 heteroatoms. The summed E-state index contributed by atoms with van der Waals surface area (Å²) in [4.78, 5) is 20.5. The fraction of sp³-hybridized carbons (Fsp3) is 0.464. The van der Waals surface area contributed by atoms with Gasteiger partial charge in [-0.2, -0.15) is 0 Å². The van der Waals surface area contributed by atoms with E-state index in [1.54, 1.807) is 19.2 Å². The van der Waals surface area contributed by atoms with Gasteiger partial charge in [0.15, 0.2) is 0 Å². The lowest BCUT2D eigenvalue weighted by molar-refractivity contribution is 0.0484. The van der Waals surface area contributed by atoms with Crippen molar-refractivity contribution in [1.82, 2.24) is 20.1 Å². The molecule has 3 N–H and O–H groups in total. The molecule has 1 fully saturated rings. The molecule has 2 aromatic carbocycles. The Kier molecular flexibility index (Phi) is 6.66. The number of nitrogens with zero attached hydrogens (tertiary/aromatic N) is 2. The van der Waals surface area contributed by atoms with Crippen molar-refractivity contribution in [2.24, 2.45) is 0 Å². The molecule has 7 nitrogen and oxygen atoms in total. The van der Waals surface area contributed by atoms with Gasteiger partial charge >= 0.3 is 6.03 Å². The maximum Gasteiger partial charge on any atom is 0.317 e. The van der Waals surface area contributed by atoms with Crippen molar-refractivity contribution in [3.05, 3.63) is 65.1 Å². The number of benzene rings is 2. The average Bonchev–Trinajstić information content (AvgIpc) is 3.25. The summed E-state index contributed by atoms with van der Waals surface area (Å²) in [5.74, 6) is 0.519. The Morgan fingerprint density at radius 1 is 1.22 bits per heavy atom. The Labute approximate surface area is 211 Å². The van der Waals surface area contributed by atoms with Crippen LogP contribution in [0.5, 0.6) is 5.75 Å². The predicted octanol–water partition coefficient (Wildman–Crippen LogP) is 4.32. The highest BCUT2D eigenvalue weighted by Gasteiger charge is 2.47. The van der Waals surface area contributed by atoms with E-state index in [9.17, 15) is 14.3 Å². The summed E-state index contributed by atoms with van der Waals surface area (Å²) in [5, 5.41) is 14.7. The van der Waals surface area contributed by atoms with Crippen molar-refractivity contribution in [3.63, 3.8) is 0 Å². The SMILES string of the molecule is COc1ccc2c3c([nH]c2c1)[C@@H](CO)N(Cc1ccc(F)cc1)CC31CCN(C(=O)NC(C)C)CC1. The summed E-state index contributed by atoms with van der Waals surface area (Å²) in [6.07, 6.45) is 1.64. The molecule has 0 radical (unpaired) electrons. The van der Waals surface area contributed by atoms with Crippen LogP contribution in [0.4, 0.5) is 9.18 Å². The van der Waals surface area contributed by atoms with Crippen LogP contribution < -0.4 is 10.1 Å². The van der Waals surface area contributed by atoms with Gasteiger partial charge in [0.05, 0.1) is 19.8 Å². The molecular weight excluding hydrogens is 459 g/mol. The third-order valence-electron chi connectivity index (χ3n) is 7.74. The summed E-state index contributed by atoms with van der Waals surface area (Å²) in [6.45, 7) is 6.59. The Hall–Kier alpha value is -3.10. The normalized spacial score (nSPS) is 19.6. The number of H-pyrrole nitrogens is 1. The second-order valence-corrected chi connectivity index (χ2v) is 10.4. The van der Waals surface area contributed by atoms with Crippen molar-refractivity contribution in [3.8, 4) is 5.75 Å². The van der Waals surface area contributed by atoms with E-state index in [1.165, 1.54) is 17.7 Å². The lowest BCUT2D eigenvalue weighted by atomic mass is 9.68. The largest absolute Gasteiger partial charge is 0.497 e.